The van der Waals surface area contributed by atoms with E-state index in [1.165, 1.54) is 28.0 Å². The van der Waals surface area contributed by atoms with Gasteiger partial charge in [0.15, 0.2) is 0 Å². The number of carboxylic acid groups (broad SMARTS) is 1. The molecule has 2 N–H and O–H groups in total. The zero-order valence-electron chi connectivity index (χ0n) is 12.1. The second kappa shape index (κ2) is 5.43. The van der Waals surface area contributed by atoms with Gasteiger partial charge in [-0.2, -0.15) is 4.52 Å². The summed E-state index contributed by atoms with van der Waals surface area (Å²) in [7, 11) is 0. The van der Waals surface area contributed by atoms with Gasteiger partial charge >= 0.3 is 5.97 Å². The Balaban J connectivity index is 1.75. The standard InChI is InChI=1S/C16H10N4O3S/c21-13-11-3-1-2-4-12(11)18-16-20(13)19-15(24-16)17-10-7-5-9(6-8-10)14(22)23/h1-8H,(H,17,19)(H,22,23). The molecule has 2 aromatic heterocycles. The van der Waals surface area contributed by atoms with Crippen LogP contribution in [0.5, 0.6) is 0 Å². The minimum Gasteiger partial charge on any atom is -0.478 e. The lowest BCUT2D eigenvalue weighted by Crippen LogP contribution is -2.15. The van der Waals surface area contributed by atoms with Crippen LogP contribution < -0.4 is 10.9 Å². The van der Waals surface area contributed by atoms with Crippen LogP contribution in [0.2, 0.25) is 0 Å². The van der Waals surface area contributed by atoms with E-state index in [1.807, 2.05) is 6.07 Å². The fourth-order valence-corrected chi connectivity index (χ4v) is 3.14. The summed E-state index contributed by atoms with van der Waals surface area (Å²) in [5, 5.41) is 17.2. The summed E-state index contributed by atoms with van der Waals surface area (Å²) in [6, 6.07) is 13.4. The molecular formula is C16H10N4O3S. The average Bonchev–Trinajstić information content (AvgIpc) is 2.98. The Bertz CT molecular complexity index is 1130. The highest BCUT2D eigenvalue weighted by Crippen LogP contribution is 2.23. The summed E-state index contributed by atoms with van der Waals surface area (Å²) < 4.78 is 1.26. The lowest BCUT2D eigenvalue weighted by atomic mass is 10.2. The minimum absolute atomic E-state index is 0.203. The van der Waals surface area contributed by atoms with Crippen molar-refractivity contribution in [1.29, 1.82) is 0 Å². The molecule has 0 aliphatic heterocycles. The number of fused-ring (bicyclic) bond motifs is 2. The first-order chi connectivity index (χ1) is 11.6. The van der Waals surface area contributed by atoms with Gasteiger partial charge < -0.3 is 10.4 Å². The number of carboxylic acids is 1. The van der Waals surface area contributed by atoms with Crippen LogP contribution in [-0.4, -0.2) is 25.7 Å². The normalized spacial score (nSPS) is 11.0. The second-order valence-electron chi connectivity index (χ2n) is 5.04. The summed E-state index contributed by atoms with van der Waals surface area (Å²) in [5.41, 5.74) is 1.29. The fraction of sp³-hybridized carbons (Fsp3) is 0. The fourth-order valence-electron chi connectivity index (χ4n) is 2.33. The molecule has 0 radical (unpaired) electrons. The van der Waals surface area contributed by atoms with Gasteiger partial charge in [-0.15, -0.1) is 5.10 Å². The van der Waals surface area contributed by atoms with E-state index in [0.717, 1.165) is 0 Å². The number of hydrogen-bond donors (Lipinski definition) is 2. The van der Waals surface area contributed by atoms with Crippen molar-refractivity contribution in [2.45, 2.75) is 0 Å². The quantitative estimate of drug-likeness (QED) is 0.596. The van der Waals surface area contributed by atoms with E-state index in [4.69, 9.17) is 5.11 Å². The Kier molecular flexibility index (Phi) is 3.24. The Morgan fingerprint density at radius 2 is 1.88 bits per heavy atom. The molecule has 0 aliphatic rings. The number of aromatic nitrogens is 3. The van der Waals surface area contributed by atoms with Gasteiger partial charge in [-0.3, -0.25) is 4.79 Å². The SMILES string of the molecule is O=C(O)c1ccc(Nc2nn3c(=O)c4ccccc4nc3s2)cc1. The van der Waals surface area contributed by atoms with Crippen molar-refractivity contribution in [3.63, 3.8) is 0 Å². The van der Waals surface area contributed by atoms with Crippen molar-refractivity contribution in [3.05, 3.63) is 64.4 Å². The smallest absolute Gasteiger partial charge is 0.335 e. The molecule has 0 aliphatic carbocycles. The number of nitrogens with zero attached hydrogens (tertiary/aromatic N) is 3. The van der Waals surface area contributed by atoms with Gasteiger partial charge in [0.25, 0.3) is 5.56 Å². The van der Waals surface area contributed by atoms with Crippen molar-refractivity contribution >= 4 is 44.0 Å². The third-order valence-electron chi connectivity index (χ3n) is 3.49. The van der Waals surface area contributed by atoms with Crippen molar-refractivity contribution < 1.29 is 9.90 Å². The summed E-state index contributed by atoms with van der Waals surface area (Å²) >= 11 is 1.24. The van der Waals surface area contributed by atoms with E-state index < -0.39 is 5.97 Å². The molecule has 4 aromatic rings. The lowest BCUT2D eigenvalue weighted by Gasteiger charge is -2.01. The summed E-state index contributed by atoms with van der Waals surface area (Å²) in [4.78, 5) is 28.2. The minimum atomic E-state index is -0.982. The molecule has 0 spiro atoms. The van der Waals surface area contributed by atoms with E-state index in [2.05, 4.69) is 15.4 Å². The molecule has 0 fully saturated rings. The molecule has 0 amide bonds. The van der Waals surface area contributed by atoms with Gasteiger partial charge in [0.1, 0.15) is 0 Å². The Morgan fingerprint density at radius 1 is 1.12 bits per heavy atom. The zero-order valence-corrected chi connectivity index (χ0v) is 12.9. The van der Waals surface area contributed by atoms with Crippen molar-refractivity contribution in [1.82, 2.24) is 14.6 Å². The zero-order chi connectivity index (χ0) is 16.7. The average molecular weight is 338 g/mol. The number of aromatic carboxylic acids is 1. The topological polar surface area (TPSA) is 96.6 Å². The first-order valence-corrected chi connectivity index (χ1v) is 7.82. The van der Waals surface area contributed by atoms with Gasteiger partial charge in [0, 0.05) is 5.69 Å². The Morgan fingerprint density at radius 3 is 2.62 bits per heavy atom. The van der Waals surface area contributed by atoms with E-state index >= 15 is 0 Å². The molecule has 8 heteroatoms. The highest BCUT2D eigenvalue weighted by Gasteiger charge is 2.11. The van der Waals surface area contributed by atoms with Gasteiger partial charge in [0.05, 0.1) is 16.5 Å². The highest BCUT2D eigenvalue weighted by molar-refractivity contribution is 7.20. The van der Waals surface area contributed by atoms with Gasteiger partial charge in [0.2, 0.25) is 10.1 Å². The van der Waals surface area contributed by atoms with Crippen molar-refractivity contribution in [2.75, 3.05) is 5.32 Å². The molecule has 24 heavy (non-hydrogen) atoms. The maximum atomic E-state index is 12.4. The maximum absolute atomic E-state index is 12.4. The number of nitrogens with one attached hydrogen (secondary N) is 1. The number of hydrogen-bond acceptors (Lipinski definition) is 6. The van der Waals surface area contributed by atoms with Crippen LogP contribution in [0, 0.1) is 0 Å². The predicted molar refractivity (Wildman–Crippen MR) is 91.3 cm³/mol. The van der Waals surface area contributed by atoms with Crippen LogP contribution in [0.4, 0.5) is 10.8 Å². The van der Waals surface area contributed by atoms with Gasteiger partial charge in [-0.1, -0.05) is 23.5 Å². The van der Waals surface area contributed by atoms with Crippen LogP contribution in [-0.2, 0) is 0 Å². The molecule has 0 atom stereocenters. The third kappa shape index (κ3) is 2.38. The molecule has 7 nitrogen and oxygen atoms in total. The van der Waals surface area contributed by atoms with E-state index in [-0.39, 0.29) is 11.1 Å². The van der Waals surface area contributed by atoms with Gasteiger partial charge in [-0.25, -0.2) is 9.78 Å². The molecule has 0 bridgehead atoms. The number of benzene rings is 2. The molecular weight excluding hydrogens is 328 g/mol. The first kappa shape index (κ1) is 14.3. The molecule has 2 aromatic carbocycles. The highest BCUT2D eigenvalue weighted by atomic mass is 32.1. The third-order valence-corrected chi connectivity index (χ3v) is 4.31. The van der Waals surface area contributed by atoms with Crippen molar-refractivity contribution in [2.24, 2.45) is 0 Å². The molecule has 118 valence electrons. The van der Waals surface area contributed by atoms with Crippen LogP contribution >= 0.6 is 11.3 Å². The summed E-state index contributed by atoms with van der Waals surface area (Å²) in [5.74, 6) is -0.982. The molecule has 0 saturated carbocycles. The number of carbonyl (C=O) groups is 1. The van der Waals surface area contributed by atoms with E-state index in [9.17, 15) is 9.59 Å². The largest absolute Gasteiger partial charge is 0.478 e. The number of para-hydroxylation sites is 1. The van der Waals surface area contributed by atoms with Crippen molar-refractivity contribution in [3.8, 4) is 0 Å². The van der Waals surface area contributed by atoms with E-state index in [1.54, 1.807) is 30.3 Å². The predicted octanol–water partition coefficient (Wildman–Crippen LogP) is 2.75. The van der Waals surface area contributed by atoms with Gasteiger partial charge in [-0.05, 0) is 36.4 Å². The molecule has 4 rings (SSSR count). The molecule has 0 saturated heterocycles. The maximum Gasteiger partial charge on any atom is 0.335 e. The first-order valence-electron chi connectivity index (χ1n) is 7.01. The summed E-state index contributed by atoms with van der Waals surface area (Å²) in [6.45, 7) is 0. The summed E-state index contributed by atoms with van der Waals surface area (Å²) in [6.07, 6.45) is 0. The van der Waals surface area contributed by atoms with E-state index in [0.29, 0.717) is 26.7 Å². The number of anilines is 2. The monoisotopic (exact) mass is 338 g/mol. The molecule has 0 unspecified atom stereocenters. The van der Waals surface area contributed by atoms with Crippen LogP contribution in [0.1, 0.15) is 10.4 Å². The lowest BCUT2D eigenvalue weighted by molar-refractivity contribution is 0.0697. The Hall–Kier alpha value is -3.26. The Labute approximate surface area is 138 Å². The second-order valence-corrected chi connectivity index (χ2v) is 6.00. The van der Waals surface area contributed by atoms with Crippen LogP contribution in [0.3, 0.4) is 0 Å². The number of rotatable bonds is 3. The molecule has 2 heterocycles. The van der Waals surface area contributed by atoms with Crippen LogP contribution in [0.25, 0.3) is 15.9 Å². The van der Waals surface area contributed by atoms with Crippen LogP contribution in [0.15, 0.2) is 53.3 Å².